The Hall–Kier alpha value is -2.52. The fourth-order valence-corrected chi connectivity index (χ4v) is 4.85. The number of rotatable bonds is 5. The van der Waals surface area contributed by atoms with Gasteiger partial charge in [-0.1, -0.05) is 35.8 Å². The van der Waals surface area contributed by atoms with Crippen molar-refractivity contribution in [3.05, 3.63) is 39.3 Å². The highest BCUT2D eigenvalue weighted by molar-refractivity contribution is 7.15. The lowest BCUT2D eigenvalue weighted by Crippen LogP contribution is -2.47. The van der Waals surface area contributed by atoms with Gasteiger partial charge in [-0.3, -0.25) is 14.4 Å². The molecule has 2 aromatic rings. The van der Waals surface area contributed by atoms with Crippen molar-refractivity contribution in [3.8, 4) is 0 Å². The van der Waals surface area contributed by atoms with Crippen LogP contribution in [0.2, 0.25) is 5.02 Å². The van der Waals surface area contributed by atoms with Gasteiger partial charge in [0.05, 0.1) is 5.92 Å². The SMILES string of the molecule is O=C(Nc1ccc(Cl)cc1)c1nnc(C(=O)N2CCC[C@H](C(=O)NC3CCCC3)C2)s1. The largest absolute Gasteiger partial charge is 0.353 e. The van der Waals surface area contributed by atoms with Gasteiger partial charge in [-0.15, -0.1) is 10.2 Å². The second-order valence-electron chi connectivity index (χ2n) is 7.95. The number of nitrogens with one attached hydrogen (secondary N) is 2. The molecule has 0 unspecified atom stereocenters. The zero-order valence-corrected chi connectivity index (χ0v) is 18.5. The summed E-state index contributed by atoms with van der Waals surface area (Å²) in [5.41, 5.74) is 0.574. The van der Waals surface area contributed by atoms with Gasteiger partial charge in [-0.25, -0.2) is 0 Å². The number of benzene rings is 1. The molecule has 2 aliphatic rings. The molecule has 1 saturated carbocycles. The number of carbonyl (C=O) groups is 3. The van der Waals surface area contributed by atoms with Gasteiger partial charge in [-0.2, -0.15) is 0 Å². The van der Waals surface area contributed by atoms with Crippen LogP contribution in [0.25, 0.3) is 0 Å². The maximum Gasteiger partial charge on any atom is 0.286 e. The zero-order valence-electron chi connectivity index (χ0n) is 17.0. The maximum absolute atomic E-state index is 12.9. The van der Waals surface area contributed by atoms with E-state index in [4.69, 9.17) is 11.6 Å². The van der Waals surface area contributed by atoms with Crippen LogP contribution < -0.4 is 10.6 Å². The third-order valence-electron chi connectivity index (χ3n) is 5.69. The van der Waals surface area contributed by atoms with Crippen LogP contribution >= 0.6 is 22.9 Å². The van der Waals surface area contributed by atoms with E-state index in [0.29, 0.717) is 23.8 Å². The molecule has 2 N–H and O–H groups in total. The summed E-state index contributed by atoms with van der Waals surface area (Å²) in [6, 6.07) is 6.96. The van der Waals surface area contributed by atoms with Crippen LogP contribution in [0.15, 0.2) is 24.3 Å². The van der Waals surface area contributed by atoms with Crippen molar-refractivity contribution in [1.29, 1.82) is 0 Å². The molecule has 3 amide bonds. The molecular formula is C21H24ClN5O3S. The lowest BCUT2D eigenvalue weighted by atomic mass is 9.96. The molecule has 8 nitrogen and oxygen atoms in total. The van der Waals surface area contributed by atoms with Crippen molar-refractivity contribution in [2.75, 3.05) is 18.4 Å². The van der Waals surface area contributed by atoms with E-state index in [1.54, 1.807) is 29.2 Å². The Balaban J connectivity index is 1.35. The van der Waals surface area contributed by atoms with E-state index in [1.165, 1.54) is 0 Å². The molecule has 0 bridgehead atoms. The smallest absolute Gasteiger partial charge is 0.286 e. The number of carbonyl (C=O) groups excluding carboxylic acids is 3. The van der Waals surface area contributed by atoms with Crippen LogP contribution in [-0.2, 0) is 4.79 Å². The summed E-state index contributed by atoms with van der Waals surface area (Å²) in [6.07, 6.45) is 5.92. The van der Waals surface area contributed by atoms with Crippen LogP contribution in [0, 0.1) is 5.92 Å². The van der Waals surface area contributed by atoms with Crippen molar-refractivity contribution in [1.82, 2.24) is 20.4 Å². The second kappa shape index (κ2) is 9.74. The summed E-state index contributed by atoms with van der Waals surface area (Å²) in [7, 11) is 0. The number of hydrogen-bond donors (Lipinski definition) is 2. The van der Waals surface area contributed by atoms with E-state index < -0.39 is 5.91 Å². The number of anilines is 1. The molecule has 31 heavy (non-hydrogen) atoms. The van der Waals surface area contributed by atoms with E-state index in [9.17, 15) is 14.4 Å². The molecule has 1 saturated heterocycles. The molecule has 1 atom stereocenters. The predicted octanol–water partition coefficient (Wildman–Crippen LogP) is 3.35. The summed E-state index contributed by atoms with van der Waals surface area (Å²) >= 11 is 6.80. The molecule has 1 aliphatic heterocycles. The third-order valence-corrected chi connectivity index (χ3v) is 6.85. The van der Waals surface area contributed by atoms with Crippen molar-refractivity contribution in [2.24, 2.45) is 5.92 Å². The van der Waals surface area contributed by atoms with Gasteiger partial charge < -0.3 is 15.5 Å². The maximum atomic E-state index is 12.9. The highest BCUT2D eigenvalue weighted by Crippen LogP contribution is 2.23. The quantitative estimate of drug-likeness (QED) is 0.710. The summed E-state index contributed by atoms with van der Waals surface area (Å²) in [5, 5.41) is 14.4. The Morgan fingerprint density at radius 1 is 1.00 bits per heavy atom. The van der Waals surface area contributed by atoms with Crippen LogP contribution in [-0.4, -0.2) is 52.0 Å². The van der Waals surface area contributed by atoms with E-state index in [2.05, 4.69) is 20.8 Å². The van der Waals surface area contributed by atoms with Gasteiger partial charge in [0.25, 0.3) is 11.8 Å². The van der Waals surface area contributed by atoms with E-state index in [0.717, 1.165) is 49.9 Å². The lowest BCUT2D eigenvalue weighted by Gasteiger charge is -2.32. The van der Waals surface area contributed by atoms with Crippen molar-refractivity contribution in [3.63, 3.8) is 0 Å². The number of aromatic nitrogens is 2. The fourth-order valence-electron chi connectivity index (χ4n) is 4.02. The van der Waals surface area contributed by atoms with Gasteiger partial charge in [0.1, 0.15) is 0 Å². The molecular weight excluding hydrogens is 438 g/mol. The summed E-state index contributed by atoms with van der Waals surface area (Å²) in [4.78, 5) is 39.6. The topological polar surface area (TPSA) is 104 Å². The Bertz CT molecular complexity index is 958. The Kier molecular flexibility index (Phi) is 6.82. The van der Waals surface area contributed by atoms with E-state index >= 15 is 0 Å². The number of nitrogens with zero attached hydrogens (tertiary/aromatic N) is 3. The average Bonchev–Trinajstić information content (AvgIpc) is 3.47. The first-order valence-electron chi connectivity index (χ1n) is 10.5. The number of hydrogen-bond acceptors (Lipinski definition) is 6. The van der Waals surface area contributed by atoms with Gasteiger partial charge in [0.2, 0.25) is 15.9 Å². The van der Waals surface area contributed by atoms with Crippen LogP contribution in [0.4, 0.5) is 5.69 Å². The number of halogens is 1. The van der Waals surface area contributed by atoms with Gasteiger partial charge >= 0.3 is 0 Å². The summed E-state index contributed by atoms with van der Waals surface area (Å²) in [5.74, 6) is -0.906. The average molecular weight is 462 g/mol. The van der Waals surface area contributed by atoms with E-state index in [-0.39, 0.29) is 33.8 Å². The zero-order chi connectivity index (χ0) is 21.8. The number of piperidine rings is 1. The molecule has 10 heteroatoms. The van der Waals surface area contributed by atoms with Crippen molar-refractivity contribution in [2.45, 2.75) is 44.6 Å². The van der Waals surface area contributed by atoms with Gasteiger partial charge in [0, 0.05) is 29.8 Å². The predicted molar refractivity (Wildman–Crippen MR) is 118 cm³/mol. The second-order valence-corrected chi connectivity index (χ2v) is 9.37. The first-order chi connectivity index (χ1) is 15.0. The molecule has 164 valence electrons. The molecule has 0 spiro atoms. The lowest BCUT2D eigenvalue weighted by molar-refractivity contribution is -0.127. The third kappa shape index (κ3) is 5.40. The summed E-state index contributed by atoms with van der Waals surface area (Å²) in [6.45, 7) is 0.932. The van der Waals surface area contributed by atoms with E-state index in [1.807, 2.05) is 0 Å². The molecule has 4 rings (SSSR count). The van der Waals surface area contributed by atoms with Crippen molar-refractivity contribution >= 4 is 46.3 Å². The Morgan fingerprint density at radius 3 is 2.45 bits per heavy atom. The Labute approximate surface area is 189 Å². The van der Waals surface area contributed by atoms with Crippen LogP contribution in [0.1, 0.15) is 58.1 Å². The molecule has 1 aromatic heterocycles. The minimum absolute atomic E-state index is 0.0321. The fraction of sp³-hybridized carbons (Fsp3) is 0.476. The minimum atomic E-state index is -0.439. The molecule has 0 radical (unpaired) electrons. The highest BCUT2D eigenvalue weighted by atomic mass is 35.5. The number of amides is 3. The molecule has 1 aliphatic carbocycles. The summed E-state index contributed by atoms with van der Waals surface area (Å²) < 4.78 is 0. The first-order valence-corrected chi connectivity index (χ1v) is 11.7. The molecule has 2 fully saturated rings. The van der Waals surface area contributed by atoms with Crippen LogP contribution in [0.5, 0.6) is 0 Å². The molecule has 2 heterocycles. The standard InChI is InChI=1S/C21H24ClN5O3S/c22-14-7-9-16(10-8-14)24-18(29)19-25-26-20(31-19)21(30)27-11-3-4-13(12-27)17(28)23-15-5-1-2-6-15/h7-10,13,15H,1-6,11-12H2,(H,23,28)(H,24,29)/t13-/m0/s1. The Morgan fingerprint density at radius 2 is 1.71 bits per heavy atom. The van der Waals surface area contributed by atoms with Gasteiger partial charge in [0.15, 0.2) is 0 Å². The van der Waals surface area contributed by atoms with Gasteiger partial charge in [-0.05, 0) is 49.9 Å². The van der Waals surface area contributed by atoms with Crippen LogP contribution in [0.3, 0.4) is 0 Å². The normalized spacial score (nSPS) is 19.3. The number of likely N-dealkylation sites (tertiary alicyclic amines) is 1. The highest BCUT2D eigenvalue weighted by Gasteiger charge is 2.32. The van der Waals surface area contributed by atoms with Crippen molar-refractivity contribution < 1.29 is 14.4 Å². The monoisotopic (exact) mass is 461 g/mol. The first kappa shape index (κ1) is 21.7. The minimum Gasteiger partial charge on any atom is -0.353 e. The molecule has 1 aromatic carbocycles.